The largest absolute Gasteiger partial charge is 0.396 e. The van der Waals surface area contributed by atoms with E-state index in [4.69, 9.17) is 9.84 Å². The molecule has 0 radical (unpaired) electrons. The van der Waals surface area contributed by atoms with E-state index in [1.54, 1.807) is 6.92 Å². The number of carbonyl (C=O) groups is 1. The lowest BCUT2D eigenvalue weighted by Crippen LogP contribution is -2.23. The van der Waals surface area contributed by atoms with Gasteiger partial charge in [-0.2, -0.15) is 0 Å². The molecule has 0 saturated heterocycles. The highest BCUT2D eigenvalue weighted by Gasteiger charge is 2.15. The quantitative estimate of drug-likeness (QED) is 0.714. The fourth-order valence-electron chi connectivity index (χ4n) is 1.21. The van der Waals surface area contributed by atoms with Crippen LogP contribution in [0.25, 0.3) is 0 Å². The summed E-state index contributed by atoms with van der Waals surface area (Å²) in [7, 11) is 0. The minimum absolute atomic E-state index is 0.0534. The van der Waals surface area contributed by atoms with E-state index in [0.717, 1.165) is 0 Å². The summed E-state index contributed by atoms with van der Waals surface area (Å²) in [6.07, 6.45) is 1.25. The number of ketones is 1. The Kier molecular flexibility index (Phi) is 5.96. The van der Waals surface area contributed by atoms with Gasteiger partial charge in [-0.25, -0.2) is 0 Å². The van der Waals surface area contributed by atoms with Crippen molar-refractivity contribution in [3.05, 3.63) is 0 Å². The average Bonchev–Trinajstić information content (AvgIpc) is 2.00. The van der Waals surface area contributed by atoms with E-state index in [-0.39, 0.29) is 23.9 Å². The Morgan fingerprint density at radius 1 is 1.36 bits per heavy atom. The van der Waals surface area contributed by atoms with Crippen LogP contribution in [0.4, 0.5) is 0 Å². The summed E-state index contributed by atoms with van der Waals surface area (Å²) in [6, 6.07) is 0. The maximum atomic E-state index is 11.1. The summed E-state index contributed by atoms with van der Waals surface area (Å²) >= 11 is 0. The molecular weight excluding hydrogens is 180 g/mol. The maximum Gasteiger partial charge on any atom is 0.133 e. The van der Waals surface area contributed by atoms with Gasteiger partial charge in [-0.3, -0.25) is 4.79 Å². The zero-order chi connectivity index (χ0) is 11.2. The van der Waals surface area contributed by atoms with Crippen molar-refractivity contribution in [2.24, 2.45) is 5.92 Å². The van der Waals surface area contributed by atoms with Gasteiger partial charge in [-0.05, 0) is 40.5 Å². The summed E-state index contributed by atoms with van der Waals surface area (Å²) in [5.41, 5.74) is -0.152. The third-order valence-electron chi connectivity index (χ3n) is 2.05. The minimum Gasteiger partial charge on any atom is -0.396 e. The lowest BCUT2D eigenvalue weighted by atomic mass is 9.98. The smallest absolute Gasteiger partial charge is 0.133 e. The van der Waals surface area contributed by atoms with E-state index >= 15 is 0 Å². The first kappa shape index (κ1) is 13.6. The minimum atomic E-state index is -0.152. The van der Waals surface area contributed by atoms with Gasteiger partial charge in [-0.1, -0.05) is 0 Å². The first-order valence-electron chi connectivity index (χ1n) is 5.12. The Morgan fingerprint density at radius 2 is 1.93 bits per heavy atom. The number of Topliss-reactive ketones (excluding diaryl/α,β-unsaturated/α-hetero) is 1. The Balaban J connectivity index is 3.77. The molecule has 14 heavy (non-hydrogen) atoms. The molecule has 0 aliphatic heterocycles. The second-order valence-electron chi connectivity index (χ2n) is 4.57. The summed E-state index contributed by atoms with van der Waals surface area (Å²) < 4.78 is 5.52. The van der Waals surface area contributed by atoms with Crippen molar-refractivity contribution in [2.45, 2.75) is 46.1 Å². The zero-order valence-corrected chi connectivity index (χ0v) is 9.67. The van der Waals surface area contributed by atoms with E-state index in [1.165, 1.54) is 0 Å². The predicted molar refractivity (Wildman–Crippen MR) is 56.2 cm³/mol. The number of hydrogen-bond acceptors (Lipinski definition) is 3. The number of carbonyl (C=O) groups excluding carboxylic acids is 1. The van der Waals surface area contributed by atoms with Crippen molar-refractivity contribution in [2.75, 3.05) is 13.2 Å². The first-order chi connectivity index (χ1) is 6.37. The van der Waals surface area contributed by atoms with Crippen LogP contribution in [0.3, 0.4) is 0 Å². The predicted octanol–water partition coefficient (Wildman–Crippen LogP) is 1.78. The third-order valence-corrected chi connectivity index (χ3v) is 2.05. The van der Waals surface area contributed by atoms with Gasteiger partial charge in [0.05, 0.1) is 5.60 Å². The Bertz CT molecular complexity index is 170. The molecule has 0 aromatic heterocycles. The molecule has 0 aromatic rings. The van der Waals surface area contributed by atoms with Crippen LogP contribution >= 0.6 is 0 Å². The molecule has 3 nitrogen and oxygen atoms in total. The van der Waals surface area contributed by atoms with Crippen molar-refractivity contribution < 1.29 is 14.6 Å². The van der Waals surface area contributed by atoms with Gasteiger partial charge in [0.2, 0.25) is 0 Å². The van der Waals surface area contributed by atoms with Crippen LogP contribution in [0, 0.1) is 5.92 Å². The van der Waals surface area contributed by atoms with Gasteiger partial charge in [0.15, 0.2) is 0 Å². The molecule has 0 aromatic carbocycles. The van der Waals surface area contributed by atoms with E-state index < -0.39 is 0 Å². The van der Waals surface area contributed by atoms with Gasteiger partial charge < -0.3 is 9.84 Å². The number of aliphatic hydroxyl groups excluding tert-OH is 1. The van der Waals surface area contributed by atoms with Crippen molar-refractivity contribution in [3.63, 3.8) is 0 Å². The molecule has 0 aliphatic carbocycles. The summed E-state index contributed by atoms with van der Waals surface area (Å²) in [5.74, 6) is 0.0823. The highest BCUT2D eigenvalue weighted by atomic mass is 16.5. The number of hydrogen-bond donors (Lipinski definition) is 1. The topological polar surface area (TPSA) is 46.5 Å². The molecule has 84 valence electrons. The molecule has 1 unspecified atom stereocenters. The Hall–Kier alpha value is -0.410. The standard InChI is InChI=1S/C11H22O3/c1-9(13)10(5-7-12)6-8-14-11(2,3)4/h10,12H,5-8H2,1-4H3. The monoisotopic (exact) mass is 202 g/mol. The molecule has 0 rings (SSSR count). The first-order valence-corrected chi connectivity index (χ1v) is 5.12. The SMILES string of the molecule is CC(=O)C(CCO)CCOC(C)(C)C. The van der Waals surface area contributed by atoms with E-state index in [2.05, 4.69) is 0 Å². The number of rotatable bonds is 6. The van der Waals surface area contributed by atoms with Gasteiger partial charge in [0, 0.05) is 19.1 Å². The Labute approximate surface area is 86.5 Å². The van der Waals surface area contributed by atoms with E-state index in [0.29, 0.717) is 19.4 Å². The van der Waals surface area contributed by atoms with Crippen LogP contribution in [0.5, 0.6) is 0 Å². The molecular formula is C11H22O3. The molecule has 3 heteroatoms. The fourth-order valence-corrected chi connectivity index (χ4v) is 1.21. The van der Waals surface area contributed by atoms with Gasteiger partial charge >= 0.3 is 0 Å². The second-order valence-corrected chi connectivity index (χ2v) is 4.57. The van der Waals surface area contributed by atoms with Crippen LogP contribution < -0.4 is 0 Å². The summed E-state index contributed by atoms with van der Waals surface area (Å²) in [5, 5.41) is 8.75. The van der Waals surface area contributed by atoms with Gasteiger partial charge in [0.25, 0.3) is 0 Å². The van der Waals surface area contributed by atoms with E-state index in [1.807, 2.05) is 20.8 Å². The van der Waals surface area contributed by atoms with Crippen molar-refractivity contribution >= 4 is 5.78 Å². The highest BCUT2D eigenvalue weighted by Crippen LogP contribution is 2.13. The molecule has 0 heterocycles. The molecule has 0 saturated carbocycles. The highest BCUT2D eigenvalue weighted by molar-refractivity contribution is 5.78. The van der Waals surface area contributed by atoms with Crippen molar-refractivity contribution in [1.82, 2.24) is 0 Å². The average molecular weight is 202 g/mol. The maximum absolute atomic E-state index is 11.1. The lowest BCUT2D eigenvalue weighted by Gasteiger charge is -2.21. The fraction of sp³-hybridized carbons (Fsp3) is 0.909. The third kappa shape index (κ3) is 7.04. The molecule has 0 fully saturated rings. The molecule has 0 bridgehead atoms. The molecule has 1 atom stereocenters. The van der Waals surface area contributed by atoms with E-state index in [9.17, 15) is 4.79 Å². The molecule has 0 amide bonds. The van der Waals surface area contributed by atoms with Crippen LogP contribution in [-0.4, -0.2) is 29.7 Å². The van der Waals surface area contributed by atoms with Gasteiger partial charge in [0.1, 0.15) is 5.78 Å². The van der Waals surface area contributed by atoms with Crippen molar-refractivity contribution in [1.29, 1.82) is 0 Å². The van der Waals surface area contributed by atoms with Crippen LogP contribution in [0.15, 0.2) is 0 Å². The summed E-state index contributed by atoms with van der Waals surface area (Å²) in [6.45, 7) is 8.18. The lowest BCUT2D eigenvalue weighted by molar-refractivity contribution is -0.122. The van der Waals surface area contributed by atoms with Crippen LogP contribution in [-0.2, 0) is 9.53 Å². The van der Waals surface area contributed by atoms with Crippen LogP contribution in [0.2, 0.25) is 0 Å². The summed E-state index contributed by atoms with van der Waals surface area (Å²) in [4.78, 5) is 11.1. The molecule has 0 spiro atoms. The normalized spacial score (nSPS) is 14.1. The Morgan fingerprint density at radius 3 is 2.29 bits per heavy atom. The molecule has 0 aliphatic rings. The zero-order valence-electron chi connectivity index (χ0n) is 9.67. The van der Waals surface area contributed by atoms with Gasteiger partial charge in [-0.15, -0.1) is 0 Å². The number of aliphatic hydroxyl groups is 1. The second kappa shape index (κ2) is 6.14. The van der Waals surface area contributed by atoms with Crippen LogP contribution in [0.1, 0.15) is 40.5 Å². The van der Waals surface area contributed by atoms with Crippen molar-refractivity contribution in [3.8, 4) is 0 Å². The number of ether oxygens (including phenoxy) is 1. The molecule has 1 N–H and O–H groups in total.